The van der Waals surface area contributed by atoms with E-state index in [0.29, 0.717) is 29.2 Å². The Morgan fingerprint density at radius 3 is 2.59 bits per heavy atom. The third-order valence-electron chi connectivity index (χ3n) is 3.47. The van der Waals surface area contributed by atoms with Crippen molar-refractivity contribution >= 4 is 29.7 Å². The molecule has 0 aliphatic carbocycles. The van der Waals surface area contributed by atoms with Crippen molar-refractivity contribution in [1.82, 2.24) is 5.43 Å². The monoisotopic (exact) mass is 418 g/mol. The molecule has 0 bridgehead atoms. The van der Waals surface area contributed by atoms with E-state index in [1.54, 1.807) is 24.3 Å². The molecule has 2 aromatic rings. The van der Waals surface area contributed by atoms with Crippen LogP contribution in [0.2, 0.25) is 5.02 Å². The van der Waals surface area contributed by atoms with Gasteiger partial charge in [0, 0.05) is 5.56 Å². The number of rotatable bonds is 10. The molecule has 0 fully saturated rings. The smallest absolute Gasteiger partial charge is 0.341 e. The summed E-state index contributed by atoms with van der Waals surface area (Å²) in [5.74, 6) is -0.408. The van der Waals surface area contributed by atoms with Crippen molar-refractivity contribution in [3.63, 3.8) is 0 Å². The molecule has 0 aromatic heterocycles. The second-order valence-corrected chi connectivity index (χ2v) is 5.94. The van der Waals surface area contributed by atoms with E-state index in [4.69, 9.17) is 30.9 Å². The minimum atomic E-state index is -1.11. The maximum absolute atomic E-state index is 12.3. The number of carboxylic acid groups (broad SMARTS) is 1. The number of nitrogens with zero attached hydrogens (tertiary/aromatic N) is 1. The summed E-state index contributed by atoms with van der Waals surface area (Å²) in [4.78, 5) is 22.8. The molecule has 0 aliphatic heterocycles. The van der Waals surface area contributed by atoms with E-state index in [0.717, 1.165) is 0 Å². The number of hydrogen-bond donors (Lipinski definition) is 2. The van der Waals surface area contributed by atoms with Gasteiger partial charge in [-0.25, -0.2) is 10.2 Å². The lowest BCUT2D eigenvalue weighted by Crippen LogP contribution is -2.17. The highest BCUT2D eigenvalue weighted by Gasteiger charge is 2.11. The molecule has 9 heteroatoms. The second kappa shape index (κ2) is 10.7. The number of hydrogen-bond acceptors (Lipinski definition) is 6. The Morgan fingerprint density at radius 2 is 1.93 bits per heavy atom. The Labute approximate surface area is 172 Å². The molecule has 0 saturated heterocycles. The van der Waals surface area contributed by atoms with Crippen LogP contribution in [0.15, 0.2) is 54.2 Å². The van der Waals surface area contributed by atoms with Crippen LogP contribution < -0.4 is 19.6 Å². The van der Waals surface area contributed by atoms with Crippen molar-refractivity contribution in [3.8, 4) is 17.2 Å². The number of carboxylic acids is 1. The summed E-state index contributed by atoms with van der Waals surface area (Å²) in [6.07, 6.45) is 3.00. The van der Waals surface area contributed by atoms with Gasteiger partial charge in [-0.3, -0.25) is 4.79 Å². The number of benzene rings is 2. The van der Waals surface area contributed by atoms with Gasteiger partial charge in [-0.15, -0.1) is 0 Å². The molecule has 0 heterocycles. The van der Waals surface area contributed by atoms with Gasteiger partial charge in [0.25, 0.3) is 5.91 Å². The third kappa shape index (κ3) is 6.54. The lowest BCUT2D eigenvalue weighted by molar-refractivity contribution is -0.139. The fourth-order valence-corrected chi connectivity index (χ4v) is 2.40. The molecule has 0 aliphatic rings. The number of halogens is 1. The van der Waals surface area contributed by atoms with Crippen LogP contribution in [0.1, 0.15) is 15.9 Å². The van der Waals surface area contributed by atoms with Crippen LogP contribution in [0.5, 0.6) is 17.2 Å². The zero-order valence-corrected chi connectivity index (χ0v) is 16.3. The number of methoxy groups -OCH3 is 1. The first-order chi connectivity index (χ1) is 13.9. The van der Waals surface area contributed by atoms with Crippen LogP contribution in [0.3, 0.4) is 0 Å². The standard InChI is InChI=1S/C20H19ClN2O6/c1-3-8-28-17-7-5-14(10-18(17)27-2)20(26)23-22-11-13-4-6-16(15(21)9-13)29-12-19(24)25/h3-7,9-11H,1,8,12H2,2H3,(H,23,26)(H,24,25)/b22-11+. The number of carbonyl (C=O) groups excluding carboxylic acids is 1. The lowest BCUT2D eigenvalue weighted by atomic mass is 10.2. The first-order valence-electron chi connectivity index (χ1n) is 8.34. The topological polar surface area (TPSA) is 106 Å². The second-order valence-electron chi connectivity index (χ2n) is 5.54. The summed E-state index contributed by atoms with van der Waals surface area (Å²) in [6.45, 7) is 3.40. The summed E-state index contributed by atoms with van der Waals surface area (Å²) in [6, 6.07) is 9.40. The van der Waals surface area contributed by atoms with Crippen molar-refractivity contribution < 1.29 is 28.9 Å². The van der Waals surface area contributed by atoms with E-state index in [1.165, 1.54) is 31.5 Å². The van der Waals surface area contributed by atoms with E-state index in [9.17, 15) is 9.59 Å². The highest BCUT2D eigenvalue weighted by atomic mass is 35.5. The van der Waals surface area contributed by atoms with Gasteiger partial charge in [0.15, 0.2) is 18.1 Å². The number of amides is 1. The number of nitrogens with one attached hydrogen (secondary N) is 1. The molecule has 0 radical (unpaired) electrons. The van der Waals surface area contributed by atoms with Crippen LogP contribution in [0.25, 0.3) is 0 Å². The molecular weight excluding hydrogens is 400 g/mol. The largest absolute Gasteiger partial charge is 0.493 e. The molecule has 2 rings (SSSR count). The summed E-state index contributed by atoms with van der Waals surface area (Å²) < 4.78 is 15.7. The van der Waals surface area contributed by atoms with E-state index in [-0.39, 0.29) is 10.8 Å². The van der Waals surface area contributed by atoms with E-state index in [1.807, 2.05) is 0 Å². The number of ether oxygens (including phenoxy) is 3. The molecule has 8 nitrogen and oxygen atoms in total. The van der Waals surface area contributed by atoms with Gasteiger partial charge >= 0.3 is 5.97 Å². The van der Waals surface area contributed by atoms with Crippen LogP contribution >= 0.6 is 11.6 Å². The van der Waals surface area contributed by atoms with Gasteiger partial charge in [-0.1, -0.05) is 24.3 Å². The molecule has 29 heavy (non-hydrogen) atoms. The molecule has 152 valence electrons. The Hall–Kier alpha value is -3.52. The van der Waals surface area contributed by atoms with Gasteiger partial charge in [-0.05, 0) is 42.0 Å². The highest BCUT2D eigenvalue weighted by Crippen LogP contribution is 2.28. The molecule has 2 aromatic carbocycles. The number of hydrazone groups is 1. The Bertz CT molecular complexity index is 929. The van der Waals surface area contributed by atoms with E-state index < -0.39 is 18.5 Å². The molecular formula is C20H19ClN2O6. The summed E-state index contributed by atoms with van der Waals surface area (Å²) in [5.41, 5.74) is 3.32. The molecule has 0 unspecified atom stereocenters. The predicted molar refractivity (Wildman–Crippen MR) is 108 cm³/mol. The molecule has 0 spiro atoms. The van der Waals surface area contributed by atoms with Crippen molar-refractivity contribution in [2.45, 2.75) is 0 Å². The van der Waals surface area contributed by atoms with E-state index in [2.05, 4.69) is 17.1 Å². The SMILES string of the molecule is C=CCOc1ccc(C(=O)N/N=C/c2ccc(OCC(=O)O)c(Cl)c2)cc1OC. The Kier molecular flexibility index (Phi) is 8.05. The molecule has 2 N–H and O–H groups in total. The Balaban J connectivity index is 2.01. The molecule has 0 atom stereocenters. The predicted octanol–water partition coefficient (Wildman–Crippen LogP) is 3.14. The highest BCUT2D eigenvalue weighted by molar-refractivity contribution is 6.32. The van der Waals surface area contributed by atoms with Crippen molar-refractivity contribution in [2.75, 3.05) is 20.3 Å². The summed E-state index contributed by atoms with van der Waals surface area (Å²) in [5, 5.41) is 12.7. The van der Waals surface area contributed by atoms with Crippen LogP contribution in [-0.4, -0.2) is 43.5 Å². The minimum Gasteiger partial charge on any atom is -0.493 e. The minimum absolute atomic E-state index is 0.223. The Morgan fingerprint density at radius 1 is 1.17 bits per heavy atom. The van der Waals surface area contributed by atoms with Crippen LogP contribution in [0.4, 0.5) is 0 Å². The quantitative estimate of drug-likeness (QED) is 0.349. The first-order valence-corrected chi connectivity index (χ1v) is 8.71. The maximum Gasteiger partial charge on any atom is 0.341 e. The average molecular weight is 419 g/mol. The first kappa shape index (κ1) is 21.8. The van der Waals surface area contributed by atoms with Crippen molar-refractivity contribution in [3.05, 3.63) is 65.2 Å². The fourth-order valence-electron chi connectivity index (χ4n) is 2.16. The van der Waals surface area contributed by atoms with Crippen LogP contribution in [0, 0.1) is 0 Å². The third-order valence-corrected chi connectivity index (χ3v) is 3.76. The van der Waals surface area contributed by atoms with Gasteiger partial charge in [0.05, 0.1) is 18.3 Å². The van der Waals surface area contributed by atoms with Crippen molar-refractivity contribution in [2.24, 2.45) is 5.10 Å². The van der Waals surface area contributed by atoms with Gasteiger partial charge < -0.3 is 19.3 Å². The molecule has 0 saturated carbocycles. The van der Waals surface area contributed by atoms with Gasteiger partial charge in [-0.2, -0.15) is 5.10 Å². The normalized spacial score (nSPS) is 10.4. The summed E-state index contributed by atoms with van der Waals surface area (Å²) in [7, 11) is 1.48. The van der Waals surface area contributed by atoms with Gasteiger partial charge in [0.1, 0.15) is 12.4 Å². The van der Waals surface area contributed by atoms with Crippen LogP contribution in [-0.2, 0) is 4.79 Å². The lowest BCUT2D eigenvalue weighted by Gasteiger charge is -2.10. The number of carbonyl (C=O) groups is 2. The number of aliphatic carboxylic acids is 1. The van der Waals surface area contributed by atoms with Gasteiger partial charge in [0.2, 0.25) is 0 Å². The van der Waals surface area contributed by atoms with E-state index >= 15 is 0 Å². The maximum atomic E-state index is 12.3. The fraction of sp³-hybridized carbons (Fsp3) is 0.150. The summed E-state index contributed by atoms with van der Waals surface area (Å²) >= 11 is 6.04. The zero-order valence-electron chi connectivity index (χ0n) is 15.6. The zero-order chi connectivity index (χ0) is 21.2. The van der Waals surface area contributed by atoms with Crippen molar-refractivity contribution in [1.29, 1.82) is 0 Å². The molecule has 1 amide bonds. The average Bonchev–Trinajstić information content (AvgIpc) is 2.71.